The highest BCUT2D eigenvalue weighted by molar-refractivity contribution is 6.28. The van der Waals surface area contributed by atoms with Crippen LogP contribution in [0.15, 0.2) is 35.6 Å². The molecule has 0 bridgehead atoms. The predicted octanol–water partition coefficient (Wildman–Crippen LogP) is -0.588. The second kappa shape index (κ2) is 11.2. The number of Topliss-reactive ketones (excluding diaryl/α,β-unsaturated/α-hetero) is 2. The van der Waals surface area contributed by atoms with Gasteiger partial charge in [0.2, 0.25) is 0 Å². The smallest absolute Gasteiger partial charge is 0.196 e. The van der Waals surface area contributed by atoms with Crippen LogP contribution < -0.4 is 21.3 Å². The molecule has 1 aromatic rings. The van der Waals surface area contributed by atoms with Gasteiger partial charge in [-0.3, -0.25) is 9.59 Å². The Hall–Kier alpha value is -2.76. The number of aliphatic hydroxyl groups excluding tert-OH is 4. The summed E-state index contributed by atoms with van der Waals surface area (Å²) >= 11 is 0. The number of ketones is 2. The van der Waals surface area contributed by atoms with E-state index in [4.69, 9.17) is 10.2 Å². The van der Waals surface area contributed by atoms with Gasteiger partial charge in [-0.2, -0.15) is 0 Å². The van der Waals surface area contributed by atoms with Crippen LogP contribution in [0.25, 0.3) is 0 Å². The zero-order valence-electron chi connectivity index (χ0n) is 17.7. The maximum Gasteiger partial charge on any atom is 0.196 e. The zero-order valence-corrected chi connectivity index (χ0v) is 17.7. The number of anilines is 2. The van der Waals surface area contributed by atoms with Crippen LogP contribution in [0.3, 0.4) is 0 Å². The molecular formula is C22H30N4O6. The average Bonchev–Trinajstić information content (AvgIpc) is 2.78. The Labute approximate surface area is 186 Å². The molecule has 0 aromatic heterocycles. The molecule has 0 fully saturated rings. The van der Waals surface area contributed by atoms with Crippen LogP contribution in [0, 0.1) is 5.92 Å². The Morgan fingerprint density at radius 2 is 1.38 bits per heavy atom. The van der Waals surface area contributed by atoms with Crippen molar-refractivity contribution >= 4 is 22.9 Å². The van der Waals surface area contributed by atoms with Gasteiger partial charge < -0.3 is 41.7 Å². The maximum atomic E-state index is 13.4. The lowest BCUT2D eigenvalue weighted by Crippen LogP contribution is -2.40. The average molecular weight is 447 g/mol. The van der Waals surface area contributed by atoms with E-state index < -0.39 is 23.6 Å². The van der Waals surface area contributed by atoms with E-state index in [1.807, 2.05) is 0 Å². The minimum absolute atomic E-state index is 0.0145. The van der Waals surface area contributed by atoms with Gasteiger partial charge in [0.25, 0.3) is 0 Å². The molecule has 10 heteroatoms. The number of carbonyl (C=O) groups excluding carboxylic acids is 2. The third kappa shape index (κ3) is 5.00. The molecule has 8 N–H and O–H groups in total. The highest BCUT2D eigenvalue weighted by Gasteiger charge is 2.45. The van der Waals surface area contributed by atoms with E-state index in [0.29, 0.717) is 50.6 Å². The van der Waals surface area contributed by atoms with E-state index in [2.05, 4.69) is 21.3 Å². The lowest BCUT2D eigenvalue weighted by molar-refractivity contribution is 0.0756. The molecule has 2 aliphatic rings. The minimum atomic E-state index is -1.20. The fourth-order valence-electron chi connectivity index (χ4n) is 3.92. The van der Waals surface area contributed by atoms with Crippen molar-refractivity contribution in [2.75, 3.05) is 63.1 Å². The summed E-state index contributed by atoms with van der Waals surface area (Å²) in [6, 6.07) is 3.41. The summed E-state index contributed by atoms with van der Waals surface area (Å²) < 4.78 is 0. The molecule has 0 aliphatic heterocycles. The van der Waals surface area contributed by atoms with Gasteiger partial charge in [-0.05, 0) is 18.2 Å². The summed E-state index contributed by atoms with van der Waals surface area (Å²) in [5, 5.41) is 50.8. The Morgan fingerprint density at radius 1 is 0.812 bits per heavy atom. The lowest BCUT2D eigenvalue weighted by Gasteiger charge is -2.32. The van der Waals surface area contributed by atoms with Crippen LogP contribution in [0.1, 0.15) is 20.7 Å². The molecule has 10 nitrogen and oxygen atoms in total. The highest BCUT2D eigenvalue weighted by atomic mass is 16.3. The molecule has 0 heterocycles. The Balaban J connectivity index is 1.94. The molecule has 174 valence electrons. The number of nitrogens with one attached hydrogen (secondary N) is 4. The van der Waals surface area contributed by atoms with Gasteiger partial charge in [0.15, 0.2) is 11.6 Å². The summed E-state index contributed by atoms with van der Waals surface area (Å²) in [7, 11) is 0. The minimum Gasteiger partial charge on any atom is -0.508 e. The number of carbonyl (C=O) groups is 2. The van der Waals surface area contributed by atoms with E-state index >= 15 is 0 Å². The first-order valence-corrected chi connectivity index (χ1v) is 10.7. The zero-order chi connectivity index (χ0) is 23.1. The Kier molecular flexibility index (Phi) is 8.37. The molecule has 0 radical (unpaired) electrons. The molecule has 0 spiro atoms. The highest BCUT2D eigenvalue weighted by Crippen LogP contribution is 2.42. The maximum absolute atomic E-state index is 13.4. The monoisotopic (exact) mass is 446 g/mol. The van der Waals surface area contributed by atoms with Crippen LogP contribution in [-0.2, 0) is 0 Å². The van der Waals surface area contributed by atoms with Crippen molar-refractivity contribution in [3.8, 4) is 0 Å². The predicted molar refractivity (Wildman–Crippen MR) is 120 cm³/mol. The van der Waals surface area contributed by atoms with E-state index in [-0.39, 0.29) is 35.7 Å². The third-order valence-corrected chi connectivity index (χ3v) is 5.40. The van der Waals surface area contributed by atoms with Crippen molar-refractivity contribution in [1.82, 2.24) is 10.6 Å². The summed E-state index contributed by atoms with van der Waals surface area (Å²) in [5.74, 6) is -2.41. The van der Waals surface area contributed by atoms with Gasteiger partial charge in [-0.15, -0.1) is 0 Å². The number of allylic oxidation sites excluding steroid dienone is 1. The normalized spacial score (nSPS) is 19.7. The standard InChI is InChI=1S/C22H30N4O6/c27-11-9-23-5-7-25-13-1-2-14(26-8-6-24-10-12-28)18-17(13)21(31)19-15(29)3-4-16(30)20(19)22(18)32/h1-4,15,19,23-30H,5-12H2. The van der Waals surface area contributed by atoms with E-state index in [1.54, 1.807) is 12.1 Å². The van der Waals surface area contributed by atoms with Gasteiger partial charge in [0.1, 0.15) is 5.76 Å². The first-order chi connectivity index (χ1) is 15.5. The van der Waals surface area contributed by atoms with Crippen LogP contribution in [-0.4, -0.2) is 90.6 Å². The van der Waals surface area contributed by atoms with Crippen LogP contribution >= 0.6 is 0 Å². The molecule has 32 heavy (non-hydrogen) atoms. The molecule has 0 amide bonds. The number of hydrogen-bond donors (Lipinski definition) is 8. The van der Waals surface area contributed by atoms with Gasteiger partial charge in [-0.25, -0.2) is 0 Å². The fourth-order valence-corrected chi connectivity index (χ4v) is 3.92. The second-order valence-corrected chi connectivity index (χ2v) is 7.53. The van der Waals surface area contributed by atoms with E-state index in [1.165, 1.54) is 12.2 Å². The quantitative estimate of drug-likeness (QED) is 0.195. The fraction of sp³-hybridized carbons (Fsp3) is 0.455. The van der Waals surface area contributed by atoms with Crippen LogP contribution in [0.2, 0.25) is 0 Å². The SMILES string of the molecule is O=C1C2=C(O)C=CC(O)C2C(=O)c2c(NCCNCCO)ccc(NCCNCCO)c21. The van der Waals surface area contributed by atoms with Gasteiger partial charge in [0.05, 0.1) is 41.9 Å². The number of fused-ring (bicyclic) bond motifs is 2. The van der Waals surface area contributed by atoms with Crippen molar-refractivity contribution in [3.63, 3.8) is 0 Å². The summed E-state index contributed by atoms with van der Waals surface area (Å²) in [6.07, 6.45) is 1.34. The molecule has 0 saturated heterocycles. The summed E-state index contributed by atoms with van der Waals surface area (Å²) in [6.45, 7) is 2.88. The summed E-state index contributed by atoms with van der Waals surface area (Å²) in [4.78, 5) is 26.8. The van der Waals surface area contributed by atoms with Crippen molar-refractivity contribution in [2.24, 2.45) is 5.92 Å². The van der Waals surface area contributed by atoms with Gasteiger partial charge >= 0.3 is 0 Å². The van der Waals surface area contributed by atoms with Gasteiger partial charge in [-0.1, -0.05) is 6.08 Å². The van der Waals surface area contributed by atoms with Crippen molar-refractivity contribution in [1.29, 1.82) is 0 Å². The Morgan fingerprint density at radius 3 is 1.94 bits per heavy atom. The molecule has 2 aliphatic carbocycles. The second-order valence-electron chi connectivity index (χ2n) is 7.53. The number of rotatable bonds is 12. The molecular weight excluding hydrogens is 416 g/mol. The number of hydrogen-bond acceptors (Lipinski definition) is 10. The van der Waals surface area contributed by atoms with Gasteiger partial charge in [0, 0.05) is 50.6 Å². The molecule has 3 rings (SSSR count). The van der Waals surface area contributed by atoms with E-state index in [9.17, 15) is 19.8 Å². The molecule has 0 saturated carbocycles. The van der Waals surface area contributed by atoms with Crippen LogP contribution in [0.4, 0.5) is 11.4 Å². The number of aliphatic hydroxyl groups is 4. The van der Waals surface area contributed by atoms with Crippen molar-refractivity contribution in [3.05, 3.63) is 46.7 Å². The summed E-state index contributed by atoms with van der Waals surface area (Å²) in [5.41, 5.74) is 1.16. The largest absolute Gasteiger partial charge is 0.508 e. The van der Waals surface area contributed by atoms with Crippen LogP contribution in [0.5, 0.6) is 0 Å². The Bertz CT molecular complexity index is 914. The molecule has 1 aromatic carbocycles. The van der Waals surface area contributed by atoms with E-state index in [0.717, 1.165) is 0 Å². The topological polar surface area (TPSA) is 163 Å². The van der Waals surface area contributed by atoms with Crippen molar-refractivity contribution < 1.29 is 30.0 Å². The molecule has 2 atom stereocenters. The molecule has 2 unspecified atom stereocenters. The van der Waals surface area contributed by atoms with Crippen molar-refractivity contribution in [2.45, 2.75) is 6.10 Å². The third-order valence-electron chi connectivity index (χ3n) is 5.40. The first kappa shape index (κ1) is 23.9. The first-order valence-electron chi connectivity index (χ1n) is 10.7. The lowest BCUT2D eigenvalue weighted by atomic mass is 9.72. The number of benzene rings is 1.